The lowest BCUT2D eigenvalue weighted by Crippen LogP contribution is -2.43. The summed E-state index contributed by atoms with van der Waals surface area (Å²) in [6.45, 7) is 4.88. The highest BCUT2D eigenvalue weighted by atomic mass is 32.2. The van der Waals surface area contributed by atoms with Crippen molar-refractivity contribution in [1.82, 2.24) is 4.72 Å². The number of carboxylic acids is 1. The van der Waals surface area contributed by atoms with Gasteiger partial charge in [0, 0.05) is 24.1 Å². The number of non-ortho nitro benzene ring substituents is 1. The lowest BCUT2D eigenvalue weighted by molar-refractivity contribution is -0.385. The summed E-state index contributed by atoms with van der Waals surface area (Å²) in [5.74, 6) is -1.03. The van der Waals surface area contributed by atoms with Crippen molar-refractivity contribution in [3.63, 3.8) is 0 Å². The van der Waals surface area contributed by atoms with Gasteiger partial charge in [-0.2, -0.15) is 0 Å². The van der Waals surface area contributed by atoms with Crippen molar-refractivity contribution in [3.8, 4) is 0 Å². The molecule has 0 amide bonds. The summed E-state index contributed by atoms with van der Waals surface area (Å²) in [7, 11) is -4.01. The Balaban J connectivity index is 3.19. The molecule has 0 aromatic heterocycles. The van der Waals surface area contributed by atoms with Crippen molar-refractivity contribution in [2.24, 2.45) is 0 Å². The maximum absolute atomic E-state index is 12.6. The van der Waals surface area contributed by atoms with Crippen molar-refractivity contribution in [2.75, 3.05) is 0 Å². The second-order valence-corrected chi connectivity index (χ2v) is 7.44. The van der Waals surface area contributed by atoms with Gasteiger partial charge >= 0.3 is 5.97 Å². The summed E-state index contributed by atoms with van der Waals surface area (Å²) >= 11 is 0. The predicted molar refractivity (Wildman–Crippen MR) is 83.7 cm³/mol. The van der Waals surface area contributed by atoms with Crippen LogP contribution >= 0.6 is 0 Å². The number of carboxylic acid groups (broad SMARTS) is 1. The number of rotatable bonds is 8. The molecule has 8 nitrogen and oxygen atoms in total. The van der Waals surface area contributed by atoms with Gasteiger partial charge in [-0.25, -0.2) is 13.1 Å². The Labute approximate surface area is 134 Å². The number of aliphatic carboxylic acids is 1. The van der Waals surface area contributed by atoms with Crippen LogP contribution in [0, 0.1) is 10.1 Å². The fraction of sp³-hybridized carbons (Fsp3) is 0.500. The Morgan fingerprint density at radius 3 is 2.48 bits per heavy atom. The highest BCUT2D eigenvalue weighted by Crippen LogP contribution is 2.25. The van der Waals surface area contributed by atoms with E-state index in [1.165, 1.54) is 12.1 Å². The van der Waals surface area contributed by atoms with Gasteiger partial charge in [-0.3, -0.25) is 14.9 Å². The molecule has 2 N–H and O–H groups in total. The van der Waals surface area contributed by atoms with E-state index in [1.54, 1.807) is 20.8 Å². The van der Waals surface area contributed by atoms with E-state index in [1.807, 2.05) is 0 Å². The molecule has 128 valence electrons. The largest absolute Gasteiger partial charge is 0.481 e. The topological polar surface area (TPSA) is 127 Å². The van der Waals surface area contributed by atoms with Crippen molar-refractivity contribution in [3.05, 3.63) is 33.9 Å². The van der Waals surface area contributed by atoms with Crippen LogP contribution in [0.1, 0.15) is 39.2 Å². The Bertz CT molecular complexity index is 712. The number of aryl methyl sites for hydroxylation is 1. The smallest absolute Gasteiger partial charge is 0.303 e. The first-order valence-electron chi connectivity index (χ1n) is 7.01. The zero-order valence-electron chi connectivity index (χ0n) is 13.2. The van der Waals surface area contributed by atoms with Gasteiger partial charge in [-0.1, -0.05) is 13.0 Å². The molecule has 1 aromatic carbocycles. The van der Waals surface area contributed by atoms with Crippen LogP contribution in [0.2, 0.25) is 0 Å². The number of carbonyl (C=O) groups is 1. The summed E-state index contributed by atoms with van der Waals surface area (Å²) in [5.41, 5.74) is -0.851. The molecule has 0 radical (unpaired) electrons. The SMILES string of the molecule is CCc1ccc([N+](=O)[O-])cc1S(=O)(=O)NC(C)(C)CCC(=O)O. The van der Waals surface area contributed by atoms with E-state index in [2.05, 4.69) is 4.72 Å². The van der Waals surface area contributed by atoms with Gasteiger partial charge in [0.2, 0.25) is 10.0 Å². The Morgan fingerprint density at radius 1 is 1.39 bits per heavy atom. The van der Waals surface area contributed by atoms with Gasteiger partial charge in [0.15, 0.2) is 0 Å². The van der Waals surface area contributed by atoms with Crippen LogP contribution in [0.3, 0.4) is 0 Å². The zero-order chi connectivity index (χ0) is 17.8. The van der Waals surface area contributed by atoms with Gasteiger partial charge in [-0.15, -0.1) is 0 Å². The molecule has 0 saturated carbocycles. The molecule has 0 bridgehead atoms. The van der Waals surface area contributed by atoms with Crippen LogP contribution < -0.4 is 4.72 Å². The van der Waals surface area contributed by atoms with Gasteiger partial charge in [-0.05, 0) is 32.3 Å². The molecule has 23 heavy (non-hydrogen) atoms. The summed E-state index contributed by atoms with van der Waals surface area (Å²) in [6, 6.07) is 3.69. The third-order valence-electron chi connectivity index (χ3n) is 3.31. The van der Waals surface area contributed by atoms with Crippen molar-refractivity contribution < 1.29 is 23.2 Å². The molecular weight excluding hydrogens is 324 g/mol. The minimum Gasteiger partial charge on any atom is -0.481 e. The molecule has 0 atom stereocenters. The Kier molecular flexibility index (Phi) is 5.84. The fourth-order valence-electron chi connectivity index (χ4n) is 2.09. The highest BCUT2D eigenvalue weighted by molar-refractivity contribution is 7.89. The quantitative estimate of drug-likeness (QED) is 0.549. The van der Waals surface area contributed by atoms with Crippen LogP contribution in [0.25, 0.3) is 0 Å². The molecule has 1 rings (SSSR count). The van der Waals surface area contributed by atoms with Crippen molar-refractivity contribution >= 4 is 21.7 Å². The number of nitrogens with one attached hydrogen (secondary N) is 1. The molecule has 0 saturated heterocycles. The van der Waals surface area contributed by atoms with Gasteiger partial charge in [0.05, 0.1) is 9.82 Å². The standard InChI is InChI=1S/C14H20N2O6S/c1-4-10-5-6-11(16(19)20)9-12(10)23(21,22)15-14(2,3)8-7-13(17)18/h5-6,9,15H,4,7-8H2,1-3H3,(H,17,18). The van der Waals surface area contributed by atoms with Crippen molar-refractivity contribution in [1.29, 1.82) is 0 Å². The first kappa shape index (κ1) is 19.0. The monoisotopic (exact) mass is 344 g/mol. The second-order valence-electron chi connectivity index (χ2n) is 5.79. The average Bonchev–Trinajstić information content (AvgIpc) is 2.43. The van der Waals surface area contributed by atoms with E-state index in [-0.39, 0.29) is 23.4 Å². The van der Waals surface area contributed by atoms with Gasteiger partial charge < -0.3 is 5.11 Å². The second kappa shape index (κ2) is 7.05. The van der Waals surface area contributed by atoms with Crippen LogP contribution in [-0.2, 0) is 21.2 Å². The predicted octanol–water partition coefficient (Wildman–Crippen LogP) is 2.08. The summed E-state index contributed by atoms with van der Waals surface area (Å²) in [6.07, 6.45) is 0.298. The minimum absolute atomic E-state index is 0.0952. The number of hydrogen-bond donors (Lipinski definition) is 2. The molecule has 0 fully saturated rings. The molecule has 0 aliphatic carbocycles. The number of hydrogen-bond acceptors (Lipinski definition) is 5. The average molecular weight is 344 g/mol. The third kappa shape index (κ3) is 5.29. The van der Waals surface area contributed by atoms with Crippen molar-refractivity contribution in [2.45, 2.75) is 50.5 Å². The number of nitrogens with zero attached hydrogens (tertiary/aromatic N) is 1. The molecule has 0 spiro atoms. The number of benzene rings is 1. The maximum Gasteiger partial charge on any atom is 0.303 e. The summed E-state index contributed by atoms with van der Waals surface area (Å²) in [5, 5.41) is 19.6. The van der Waals surface area contributed by atoms with E-state index in [0.717, 1.165) is 6.07 Å². The lowest BCUT2D eigenvalue weighted by atomic mass is 10.0. The van der Waals surface area contributed by atoms with E-state index in [0.29, 0.717) is 12.0 Å². The van der Waals surface area contributed by atoms with Crippen LogP contribution in [0.4, 0.5) is 5.69 Å². The highest BCUT2D eigenvalue weighted by Gasteiger charge is 2.29. The third-order valence-corrected chi connectivity index (χ3v) is 5.09. The number of sulfonamides is 1. The van der Waals surface area contributed by atoms with E-state index in [4.69, 9.17) is 5.11 Å². The minimum atomic E-state index is -4.01. The summed E-state index contributed by atoms with van der Waals surface area (Å²) in [4.78, 5) is 20.7. The van der Waals surface area contributed by atoms with E-state index < -0.39 is 26.5 Å². The molecule has 0 aliphatic heterocycles. The van der Waals surface area contributed by atoms with Crippen LogP contribution in [0.15, 0.2) is 23.1 Å². The first-order valence-corrected chi connectivity index (χ1v) is 8.50. The number of nitro benzene ring substituents is 1. The molecule has 9 heteroatoms. The molecular formula is C14H20N2O6S. The Hall–Kier alpha value is -2.00. The van der Waals surface area contributed by atoms with Gasteiger partial charge in [0.25, 0.3) is 5.69 Å². The molecule has 0 heterocycles. The number of nitro groups is 1. The maximum atomic E-state index is 12.6. The van der Waals surface area contributed by atoms with Crippen LogP contribution in [-0.4, -0.2) is 30.0 Å². The summed E-state index contributed by atoms with van der Waals surface area (Å²) < 4.78 is 27.6. The first-order chi connectivity index (χ1) is 10.5. The van der Waals surface area contributed by atoms with Crippen LogP contribution in [0.5, 0.6) is 0 Å². The normalized spacial score (nSPS) is 12.1. The van der Waals surface area contributed by atoms with E-state index in [9.17, 15) is 23.3 Å². The molecule has 0 unspecified atom stereocenters. The molecule has 1 aromatic rings. The molecule has 0 aliphatic rings. The Morgan fingerprint density at radius 2 is 2.00 bits per heavy atom. The van der Waals surface area contributed by atoms with Gasteiger partial charge in [0.1, 0.15) is 0 Å². The fourth-order valence-corrected chi connectivity index (χ4v) is 3.86. The van der Waals surface area contributed by atoms with E-state index >= 15 is 0 Å². The zero-order valence-corrected chi connectivity index (χ0v) is 14.0. The lowest BCUT2D eigenvalue weighted by Gasteiger charge is -2.25.